The fourth-order valence-electron chi connectivity index (χ4n) is 2.41. The summed E-state index contributed by atoms with van der Waals surface area (Å²) in [6.07, 6.45) is 0. The molecule has 0 spiro atoms. The summed E-state index contributed by atoms with van der Waals surface area (Å²) in [6.45, 7) is 4.94. The van der Waals surface area contributed by atoms with Crippen molar-refractivity contribution in [2.45, 2.75) is 32.3 Å². The number of methoxy groups -OCH3 is 2. The summed E-state index contributed by atoms with van der Waals surface area (Å²) in [4.78, 5) is 12.0. The molecule has 1 aromatic rings. The van der Waals surface area contributed by atoms with E-state index in [1.807, 2.05) is 0 Å². The van der Waals surface area contributed by atoms with Crippen LogP contribution in [0.5, 0.6) is 5.75 Å². The molecule has 0 bridgehead atoms. The van der Waals surface area contributed by atoms with Crippen LogP contribution in [0.3, 0.4) is 0 Å². The van der Waals surface area contributed by atoms with Gasteiger partial charge < -0.3 is 14.6 Å². The van der Waals surface area contributed by atoms with Gasteiger partial charge in [0, 0.05) is 11.5 Å². The SMILES string of the molecule is COC(=O)C(O)(C(C)C)C(C)c1c(F)cccc1OC. The van der Waals surface area contributed by atoms with E-state index in [0.29, 0.717) is 5.75 Å². The van der Waals surface area contributed by atoms with Gasteiger partial charge in [0.2, 0.25) is 0 Å². The van der Waals surface area contributed by atoms with Crippen molar-refractivity contribution in [1.29, 1.82) is 0 Å². The van der Waals surface area contributed by atoms with Crippen molar-refractivity contribution >= 4 is 5.97 Å². The van der Waals surface area contributed by atoms with Crippen molar-refractivity contribution in [1.82, 2.24) is 0 Å². The highest BCUT2D eigenvalue weighted by atomic mass is 19.1. The van der Waals surface area contributed by atoms with Crippen molar-refractivity contribution in [2.75, 3.05) is 14.2 Å². The van der Waals surface area contributed by atoms with Crippen LogP contribution in [0.25, 0.3) is 0 Å². The molecule has 1 N–H and O–H groups in total. The number of halogens is 1. The predicted molar refractivity (Wildman–Crippen MR) is 73.2 cm³/mol. The first-order valence-electron chi connectivity index (χ1n) is 6.43. The van der Waals surface area contributed by atoms with Gasteiger partial charge in [-0.05, 0) is 18.1 Å². The molecule has 1 aromatic carbocycles. The van der Waals surface area contributed by atoms with Gasteiger partial charge in [-0.1, -0.05) is 26.8 Å². The first-order chi connectivity index (χ1) is 9.30. The van der Waals surface area contributed by atoms with E-state index in [0.717, 1.165) is 0 Å². The van der Waals surface area contributed by atoms with Crippen LogP contribution in [0.4, 0.5) is 4.39 Å². The quantitative estimate of drug-likeness (QED) is 0.844. The Morgan fingerprint density at radius 2 is 1.90 bits per heavy atom. The third-order valence-electron chi connectivity index (χ3n) is 3.72. The molecule has 0 aliphatic carbocycles. The molecule has 0 aliphatic heterocycles. The molecule has 0 fully saturated rings. The first kappa shape index (κ1) is 16.4. The lowest BCUT2D eigenvalue weighted by Crippen LogP contribution is -2.49. The third kappa shape index (κ3) is 2.63. The first-order valence-corrected chi connectivity index (χ1v) is 6.43. The number of aliphatic hydroxyl groups is 1. The Hall–Kier alpha value is -1.62. The van der Waals surface area contributed by atoms with Crippen molar-refractivity contribution < 1.29 is 23.8 Å². The van der Waals surface area contributed by atoms with Crippen molar-refractivity contribution in [3.05, 3.63) is 29.6 Å². The van der Waals surface area contributed by atoms with Gasteiger partial charge in [-0.25, -0.2) is 9.18 Å². The van der Waals surface area contributed by atoms with Gasteiger partial charge in [-0.15, -0.1) is 0 Å². The van der Waals surface area contributed by atoms with Gasteiger partial charge in [0.15, 0.2) is 5.60 Å². The Morgan fingerprint density at radius 3 is 2.35 bits per heavy atom. The predicted octanol–water partition coefficient (Wildman–Crippen LogP) is 2.50. The Bertz CT molecular complexity index is 487. The van der Waals surface area contributed by atoms with Gasteiger partial charge in [0.25, 0.3) is 0 Å². The maximum absolute atomic E-state index is 14.1. The topological polar surface area (TPSA) is 55.8 Å². The Morgan fingerprint density at radius 1 is 1.30 bits per heavy atom. The minimum absolute atomic E-state index is 0.164. The van der Waals surface area contributed by atoms with Crippen LogP contribution in [0.15, 0.2) is 18.2 Å². The number of ether oxygens (including phenoxy) is 2. The molecule has 0 amide bonds. The zero-order valence-corrected chi connectivity index (χ0v) is 12.4. The van der Waals surface area contributed by atoms with E-state index >= 15 is 0 Å². The molecular weight excluding hydrogens is 263 g/mol. The molecule has 0 aromatic heterocycles. The number of carbonyl (C=O) groups excluding carboxylic acids is 1. The average Bonchev–Trinajstić information content (AvgIpc) is 2.43. The Balaban J connectivity index is 3.41. The molecule has 1 rings (SSSR count). The monoisotopic (exact) mass is 284 g/mol. The van der Waals surface area contributed by atoms with Crippen molar-refractivity contribution in [3.63, 3.8) is 0 Å². The highest BCUT2D eigenvalue weighted by Gasteiger charge is 2.48. The lowest BCUT2D eigenvalue weighted by atomic mass is 9.75. The lowest BCUT2D eigenvalue weighted by molar-refractivity contribution is -0.170. The lowest BCUT2D eigenvalue weighted by Gasteiger charge is -2.35. The smallest absolute Gasteiger partial charge is 0.338 e. The number of hydrogen-bond acceptors (Lipinski definition) is 4. The molecule has 2 atom stereocenters. The van der Waals surface area contributed by atoms with E-state index < -0.39 is 29.2 Å². The zero-order chi connectivity index (χ0) is 15.5. The highest BCUT2D eigenvalue weighted by Crippen LogP contribution is 2.40. The van der Waals surface area contributed by atoms with E-state index in [1.165, 1.54) is 26.4 Å². The average molecular weight is 284 g/mol. The minimum Gasteiger partial charge on any atom is -0.496 e. The van der Waals surface area contributed by atoms with E-state index in [1.54, 1.807) is 26.8 Å². The van der Waals surface area contributed by atoms with Gasteiger partial charge in [0.1, 0.15) is 11.6 Å². The van der Waals surface area contributed by atoms with Crippen LogP contribution >= 0.6 is 0 Å². The molecule has 0 radical (unpaired) electrons. The maximum atomic E-state index is 14.1. The summed E-state index contributed by atoms with van der Waals surface area (Å²) in [5.74, 6) is -2.29. The molecule has 0 aliphatic rings. The van der Waals surface area contributed by atoms with E-state index in [9.17, 15) is 14.3 Å². The van der Waals surface area contributed by atoms with Gasteiger partial charge >= 0.3 is 5.97 Å². The van der Waals surface area contributed by atoms with Gasteiger partial charge in [0.05, 0.1) is 14.2 Å². The molecule has 0 saturated heterocycles. The highest BCUT2D eigenvalue weighted by molar-refractivity contribution is 5.81. The van der Waals surface area contributed by atoms with E-state index in [-0.39, 0.29) is 5.56 Å². The largest absolute Gasteiger partial charge is 0.496 e. The molecule has 0 heterocycles. The number of rotatable bonds is 5. The van der Waals surface area contributed by atoms with Crippen LogP contribution in [-0.4, -0.2) is 30.9 Å². The molecule has 0 saturated carbocycles. The molecule has 20 heavy (non-hydrogen) atoms. The molecule has 4 nitrogen and oxygen atoms in total. The van der Waals surface area contributed by atoms with E-state index in [2.05, 4.69) is 4.74 Å². The Kier molecular flexibility index (Phi) is 5.11. The van der Waals surface area contributed by atoms with Gasteiger partial charge in [-0.3, -0.25) is 0 Å². The van der Waals surface area contributed by atoms with Crippen LogP contribution in [-0.2, 0) is 9.53 Å². The molecule has 112 valence electrons. The van der Waals surface area contributed by atoms with Crippen LogP contribution in [0.1, 0.15) is 32.3 Å². The summed E-state index contributed by atoms with van der Waals surface area (Å²) in [7, 11) is 2.61. The molecule has 2 unspecified atom stereocenters. The minimum atomic E-state index is -1.83. The normalized spacial score (nSPS) is 15.6. The summed E-state index contributed by atoms with van der Waals surface area (Å²) < 4.78 is 23.9. The second-order valence-corrected chi connectivity index (χ2v) is 5.05. The second-order valence-electron chi connectivity index (χ2n) is 5.05. The van der Waals surface area contributed by atoms with Crippen molar-refractivity contribution in [2.24, 2.45) is 5.92 Å². The number of esters is 1. The van der Waals surface area contributed by atoms with Crippen LogP contribution < -0.4 is 4.74 Å². The number of carbonyl (C=O) groups is 1. The van der Waals surface area contributed by atoms with Crippen LogP contribution in [0.2, 0.25) is 0 Å². The van der Waals surface area contributed by atoms with Crippen molar-refractivity contribution in [3.8, 4) is 5.75 Å². The molecular formula is C15H21FO4. The maximum Gasteiger partial charge on any atom is 0.338 e. The zero-order valence-electron chi connectivity index (χ0n) is 12.4. The second kappa shape index (κ2) is 6.22. The van der Waals surface area contributed by atoms with Gasteiger partial charge in [-0.2, -0.15) is 0 Å². The fraction of sp³-hybridized carbons (Fsp3) is 0.533. The standard InChI is InChI=1S/C15H21FO4/c1-9(2)15(18,14(17)20-5)10(3)13-11(16)7-6-8-12(13)19-4/h6-10,18H,1-5H3. The van der Waals surface area contributed by atoms with E-state index in [4.69, 9.17) is 4.74 Å². The fourth-order valence-corrected chi connectivity index (χ4v) is 2.41. The molecule has 5 heteroatoms. The number of hydrogen-bond donors (Lipinski definition) is 1. The number of benzene rings is 1. The Labute approximate surface area is 118 Å². The summed E-state index contributed by atoms with van der Waals surface area (Å²) in [5, 5.41) is 10.7. The summed E-state index contributed by atoms with van der Waals surface area (Å²) >= 11 is 0. The summed E-state index contributed by atoms with van der Waals surface area (Å²) in [6, 6.07) is 4.37. The summed E-state index contributed by atoms with van der Waals surface area (Å²) in [5.41, 5.74) is -1.67. The van der Waals surface area contributed by atoms with Crippen LogP contribution in [0, 0.1) is 11.7 Å². The third-order valence-corrected chi connectivity index (χ3v) is 3.72.